The highest BCUT2D eigenvalue weighted by Gasteiger charge is 2.17. The lowest BCUT2D eigenvalue weighted by atomic mass is 10.0. The van der Waals surface area contributed by atoms with Crippen molar-refractivity contribution in [1.29, 1.82) is 0 Å². The van der Waals surface area contributed by atoms with E-state index in [4.69, 9.17) is 0 Å². The maximum absolute atomic E-state index is 12.6. The molecule has 0 amide bonds. The third kappa shape index (κ3) is 3.66. The van der Waals surface area contributed by atoms with Gasteiger partial charge < -0.3 is 5.11 Å². The number of aromatic hydroxyl groups is 1. The van der Waals surface area contributed by atoms with Gasteiger partial charge in [-0.15, -0.1) is 0 Å². The van der Waals surface area contributed by atoms with Crippen molar-refractivity contribution in [1.82, 2.24) is 0 Å². The fraction of sp³-hybridized carbons (Fsp3) is 0.100. The lowest BCUT2D eigenvalue weighted by molar-refractivity contribution is 0.475. The average Bonchev–Trinajstić information content (AvgIpc) is 2.61. The number of sulfone groups is 1. The van der Waals surface area contributed by atoms with Crippen LogP contribution in [0.5, 0.6) is 5.75 Å². The first-order valence-electron chi connectivity index (χ1n) is 7.73. The van der Waals surface area contributed by atoms with Crippen molar-refractivity contribution in [3.8, 4) is 5.75 Å². The normalized spacial score (nSPS) is 11.3. The predicted molar refractivity (Wildman–Crippen MR) is 93.9 cm³/mol. The maximum Gasteiger partial charge on any atom is 0.206 e. The molecule has 0 aliphatic heterocycles. The van der Waals surface area contributed by atoms with Gasteiger partial charge in [-0.3, -0.25) is 0 Å². The molecule has 0 bridgehead atoms. The van der Waals surface area contributed by atoms with Crippen molar-refractivity contribution < 1.29 is 13.5 Å². The number of benzene rings is 3. The van der Waals surface area contributed by atoms with Crippen LogP contribution in [-0.4, -0.2) is 13.5 Å². The number of phenolic OH excluding ortho intramolecular Hbond substituents is 1. The average molecular weight is 338 g/mol. The van der Waals surface area contributed by atoms with E-state index in [1.807, 2.05) is 30.3 Å². The second-order valence-electron chi connectivity index (χ2n) is 5.63. The van der Waals surface area contributed by atoms with Crippen LogP contribution in [0.3, 0.4) is 0 Å². The zero-order chi connectivity index (χ0) is 17.0. The van der Waals surface area contributed by atoms with Gasteiger partial charge in [0.1, 0.15) is 5.75 Å². The summed E-state index contributed by atoms with van der Waals surface area (Å²) in [5.41, 5.74) is 2.36. The van der Waals surface area contributed by atoms with E-state index < -0.39 is 9.84 Å². The maximum atomic E-state index is 12.6. The standard InChI is InChI=1S/C20H18O3S/c21-18-10-14-20(15-11-18)24(22,23)19-12-8-17(9-13-19)7-6-16-4-2-1-3-5-16/h1-5,8-15,21H,6-7H2. The first-order chi connectivity index (χ1) is 11.6. The van der Waals surface area contributed by atoms with E-state index in [0.29, 0.717) is 0 Å². The molecule has 0 fully saturated rings. The number of hydrogen-bond acceptors (Lipinski definition) is 3. The summed E-state index contributed by atoms with van der Waals surface area (Å²) in [6.07, 6.45) is 1.79. The van der Waals surface area contributed by atoms with Crippen molar-refractivity contribution in [3.05, 3.63) is 90.0 Å². The Labute approximate surface area is 142 Å². The molecule has 3 rings (SSSR count). The molecule has 0 aliphatic rings. The van der Waals surface area contributed by atoms with Gasteiger partial charge in [-0.1, -0.05) is 42.5 Å². The Hall–Kier alpha value is -2.59. The molecular weight excluding hydrogens is 320 g/mol. The van der Waals surface area contributed by atoms with Crippen LogP contribution >= 0.6 is 0 Å². The fourth-order valence-corrected chi connectivity index (χ4v) is 3.79. The summed E-state index contributed by atoms with van der Waals surface area (Å²) in [4.78, 5) is 0.439. The fourth-order valence-electron chi connectivity index (χ4n) is 2.53. The molecule has 4 heteroatoms. The Balaban J connectivity index is 1.75. The number of aryl methyl sites for hydroxylation is 2. The van der Waals surface area contributed by atoms with Gasteiger partial charge in [0.05, 0.1) is 9.79 Å². The van der Waals surface area contributed by atoms with Crippen molar-refractivity contribution in [2.45, 2.75) is 22.6 Å². The Morgan fingerprint density at radius 1 is 0.625 bits per heavy atom. The first kappa shape index (κ1) is 16.3. The van der Waals surface area contributed by atoms with Crippen molar-refractivity contribution >= 4 is 9.84 Å². The van der Waals surface area contributed by atoms with Crippen LogP contribution in [0.2, 0.25) is 0 Å². The number of phenols is 1. The summed E-state index contributed by atoms with van der Waals surface area (Å²) in [5, 5.41) is 9.29. The lowest BCUT2D eigenvalue weighted by Crippen LogP contribution is -2.02. The molecule has 0 spiro atoms. The highest BCUT2D eigenvalue weighted by molar-refractivity contribution is 7.91. The van der Waals surface area contributed by atoms with Gasteiger partial charge in [-0.2, -0.15) is 0 Å². The van der Waals surface area contributed by atoms with Crippen LogP contribution in [0.25, 0.3) is 0 Å². The van der Waals surface area contributed by atoms with Gasteiger partial charge in [-0.25, -0.2) is 8.42 Å². The molecule has 122 valence electrons. The van der Waals surface area contributed by atoms with Gasteiger partial charge in [0.2, 0.25) is 9.84 Å². The topological polar surface area (TPSA) is 54.4 Å². The molecule has 0 atom stereocenters. The molecule has 0 saturated carbocycles. The molecule has 0 heterocycles. The third-order valence-corrected chi connectivity index (χ3v) is 5.71. The monoisotopic (exact) mass is 338 g/mol. The summed E-state index contributed by atoms with van der Waals surface area (Å²) >= 11 is 0. The quantitative estimate of drug-likeness (QED) is 0.765. The van der Waals surface area contributed by atoms with E-state index >= 15 is 0 Å². The Bertz CT molecular complexity index is 897. The van der Waals surface area contributed by atoms with E-state index in [-0.39, 0.29) is 15.5 Å². The van der Waals surface area contributed by atoms with E-state index in [0.717, 1.165) is 18.4 Å². The van der Waals surface area contributed by atoms with Gasteiger partial charge in [0, 0.05) is 0 Å². The smallest absolute Gasteiger partial charge is 0.206 e. The molecule has 0 unspecified atom stereocenters. The Morgan fingerprint density at radius 2 is 1.08 bits per heavy atom. The molecule has 0 saturated heterocycles. The summed E-state index contributed by atoms with van der Waals surface area (Å²) in [6.45, 7) is 0. The van der Waals surface area contributed by atoms with Gasteiger partial charge in [-0.05, 0) is 60.4 Å². The van der Waals surface area contributed by atoms with Gasteiger partial charge in [0.25, 0.3) is 0 Å². The zero-order valence-corrected chi connectivity index (χ0v) is 13.9. The highest BCUT2D eigenvalue weighted by atomic mass is 32.2. The van der Waals surface area contributed by atoms with Gasteiger partial charge >= 0.3 is 0 Å². The van der Waals surface area contributed by atoms with Crippen molar-refractivity contribution in [3.63, 3.8) is 0 Å². The summed E-state index contributed by atoms with van der Waals surface area (Å²) in [5.74, 6) is 0.0465. The summed E-state index contributed by atoms with van der Waals surface area (Å²) in [7, 11) is -3.55. The largest absolute Gasteiger partial charge is 0.508 e. The Kier molecular flexibility index (Phi) is 4.67. The molecule has 0 radical (unpaired) electrons. The molecule has 1 N–H and O–H groups in total. The molecular formula is C20H18O3S. The minimum atomic E-state index is -3.55. The molecule has 0 aliphatic carbocycles. The van der Waals surface area contributed by atoms with Crippen molar-refractivity contribution in [2.75, 3.05) is 0 Å². The van der Waals surface area contributed by atoms with Crippen molar-refractivity contribution in [2.24, 2.45) is 0 Å². The predicted octanol–water partition coefficient (Wildman–Crippen LogP) is 4.01. The van der Waals surface area contributed by atoms with E-state index in [9.17, 15) is 13.5 Å². The minimum absolute atomic E-state index is 0.0465. The lowest BCUT2D eigenvalue weighted by Gasteiger charge is -2.07. The third-order valence-electron chi connectivity index (χ3n) is 3.93. The molecule has 3 aromatic rings. The van der Waals surface area contributed by atoms with Crippen LogP contribution in [0.15, 0.2) is 88.7 Å². The summed E-state index contributed by atoms with van der Waals surface area (Å²) < 4.78 is 25.1. The zero-order valence-electron chi connectivity index (χ0n) is 13.1. The molecule has 3 aromatic carbocycles. The van der Waals surface area contributed by atoms with Crippen LogP contribution in [0, 0.1) is 0 Å². The van der Waals surface area contributed by atoms with E-state index in [1.165, 1.54) is 29.8 Å². The van der Waals surface area contributed by atoms with Crippen LogP contribution in [0.1, 0.15) is 11.1 Å². The van der Waals surface area contributed by atoms with E-state index in [2.05, 4.69) is 12.1 Å². The first-order valence-corrected chi connectivity index (χ1v) is 9.21. The molecule has 24 heavy (non-hydrogen) atoms. The second kappa shape index (κ2) is 6.89. The molecule has 0 aromatic heterocycles. The Morgan fingerprint density at radius 3 is 1.62 bits per heavy atom. The van der Waals surface area contributed by atoms with Crippen LogP contribution in [0.4, 0.5) is 0 Å². The highest BCUT2D eigenvalue weighted by Crippen LogP contribution is 2.23. The second-order valence-corrected chi connectivity index (χ2v) is 7.58. The number of rotatable bonds is 5. The SMILES string of the molecule is O=S(=O)(c1ccc(O)cc1)c1ccc(CCc2ccccc2)cc1. The number of hydrogen-bond donors (Lipinski definition) is 1. The van der Waals surface area contributed by atoms with Gasteiger partial charge in [0.15, 0.2) is 0 Å². The minimum Gasteiger partial charge on any atom is -0.508 e. The van der Waals surface area contributed by atoms with Crippen LogP contribution < -0.4 is 0 Å². The van der Waals surface area contributed by atoms with Crippen LogP contribution in [-0.2, 0) is 22.7 Å². The molecule has 3 nitrogen and oxygen atoms in total. The van der Waals surface area contributed by atoms with E-state index in [1.54, 1.807) is 12.1 Å². The summed E-state index contributed by atoms with van der Waals surface area (Å²) in [6, 6.07) is 22.8.